The first-order valence-corrected chi connectivity index (χ1v) is 12.0. The summed E-state index contributed by atoms with van der Waals surface area (Å²) in [7, 11) is 1.87. The predicted octanol–water partition coefficient (Wildman–Crippen LogP) is 6.30. The van der Waals surface area contributed by atoms with Crippen molar-refractivity contribution in [3.63, 3.8) is 0 Å². The molecule has 0 aliphatic heterocycles. The standard InChI is InChI=1S/C27H36N2O3/c1-3-4-5-11-20-32-23-18-16-21(17-19-23)26(30)28-25-15-10-9-14-24(25)27(31)29(2)22-12-7-6-8-13-22/h9-10,14-19,22H,3-8,11-13,20H2,1-2H3,(H,28,30). The average molecular weight is 437 g/mol. The SMILES string of the molecule is CCCCCCOc1ccc(C(=O)Nc2ccccc2C(=O)N(C)C2CCCCC2)cc1. The number of hydrogen-bond acceptors (Lipinski definition) is 3. The fourth-order valence-corrected chi connectivity index (χ4v) is 4.22. The second-order valence-corrected chi connectivity index (χ2v) is 8.64. The lowest BCUT2D eigenvalue weighted by atomic mass is 9.94. The zero-order valence-electron chi connectivity index (χ0n) is 19.4. The Hall–Kier alpha value is -2.82. The number of nitrogens with zero attached hydrogens (tertiary/aromatic N) is 1. The second kappa shape index (κ2) is 12.3. The minimum atomic E-state index is -0.236. The molecule has 0 heterocycles. The van der Waals surface area contributed by atoms with Crippen molar-refractivity contribution in [3.8, 4) is 5.75 Å². The summed E-state index contributed by atoms with van der Waals surface area (Å²) in [6.07, 6.45) is 10.3. The largest absolute Gasteiger partial charge is 0.494 e. The van der Waals surface area contributed by atoms with E-state index >= 15 is 0 Å². The van der Waals surface area contributed by atoms with Gasteiger partial charge in [0.2, 0.25) is 0 Å². The molecule has 32 heavy (non-hydrogen) atoms. The van der Waals surface area contributed by atoms with Crippen molar-refractivity contribution in [2.75, 3.05) is 19.0 Å². The Balaban J connectivity index is 1.61. The van der Waals surface area contributed by atoms with Gasteiger partial charge < -0.3 is 15.0 Å². The summed E-state index contributed by atoms with van der Waals surface area (Å²) in [5, 5.41) is 2.92. The highest BCUT2D eigenvalue weighted by molar-refractivity contribution is 6.09. The molecule has 1 N–H and O–H groups in total. The van der Waals surface area contributed by atoms with Crippen LogP contribution < -0.4 is 10.1 Å². The molecule has 0 saturated heterocycles. The highest BCUT2D eigenvalue weighted by Crippen LogP contribution is 2.25. The molecule has 5 heteroatoms. The third kappa shape index (κ3) is 6.59. The summed E-state index contributed by atoms with van der Waals surface area (Å²) >= 11 is 0. The van der Waals surface area contributed by atoms with E-state index in [0.717, 1.165) is 25.0 Å². The molecule has 0 radical (unpaired) electrons. The predicted molar refractivity (Wildman–Crippen MR) is 129 cm³/mol. The number of carbonyl (C=O) groups is 2. The second-order valence-electron chi connectivity index (χ2n) is 8.64. The van der Waals surface area contributed by atoms with Crippen LogP contribution in [0.3, 0.4) is 0 Å². The molecular weight excluding hydrogens is 400 g/mol. The van der Waals surface area contributed by atoms with Crippen LogP contribution in [0.25, 0.3) is 0 Å². The Morgan fingerprint density at radius 3 is 2.41 bits per heavy atom. The number of hydrogen-bond donors (Lipinski definition) is 1. The van der Waals surface area contributed by atoms with Crippen molar-refractivity contribution in [1.82, 2.24) is 4.90 Å². The lowest BCUT2D eigenvalue weighted by Crippen LogP contribution is -2.38. The lowest BCUT2D eigenvalue weighted by molar-refractivity contribution is 0.0697. The molecule has 2 amide bonds. The summed E-state index contributed by atoms with van der Waals surface area (Å²) in [4.78, 5) is 27.8. The van der Waals surface area contributed by atoms with Gasteiger partial charge in [0.1, 0.15) is 5.75 Å². The highest BCUT2D eigenvalue weighted by Gasteiger charge is 2.25. The molecule has 5 nitrogen and oxygen atoms in total. The average Bonchev–Trinajstić information content (AvgIpc) is 2.84. The quantitative estimate of drug-likeness (QED) is 0.445. The van der Waals surface area contributed by atoms with Crippen LogP contribution in [0, 0.1) is 0 Å². The number of nitrogens with one attached hydrogen (secondary N) is 1. The van der Waals surface area contributed by atoms with Crippen LogP contribution in [0.1, 0.15) is 85.4 Å². The fraction of sp³-hybridized carbons (Fsp3) is 0.481. The molecule has 1 fully saturated rings. The zero-order chi connectivity index (χ0) is 22.8. The van der Waals surface area contributed by atoms with E-state index in [2.05, 4.69) is 12.2 Å². The number of rotatable bonds is 10. The van der Waals surface area contributed by atoms with E-state index in [-0.39, 0.29) is 17.9 Å². The monoisotopic (exact) mass is 436 g/mol. The maximum absolute atomic E-state index is 13.2. The molecule has 2 aromatic rings. The lowest BCUT2D eigenvalue weighted by Gasteiger charge is -2.31. The molecule has 172 valence electrons. The molecule has 2 aromatic carbocycles. The van der Waals surface area contributed by atoms with Gasteiger partial charge in [-0.15, -0.1) is 0 Å². The van der Waals surface area contributed by atoms with Crippen molar-refractivity contribution in [3.05, 3.63) is 59.7 Å². The summed E-state index contributed by atoms with van der Waals surface area (Å²) in [5.74, 6) is 0.488. The van der Waals surface area contributed by atoms with Crippen molar-refractivity contribution in [2.24, 2.45) is 0 Å². The van der Waals surface area contributed by atoms with E-state index in [1.54, 1.807) is 24.3 Å². The van der Waals surface area contributed by atoms with Gasteiger partial charge in [0.25, 0.3) is 11.8 Å². The minimum absolute atomic E-state index is 0.0420. The summed E-state index contributed by atoms with van der Waals surface area (Å²) in [6.45, 7) is 2.88. The zero-order valence-corrected chi connectivity index (χ0v) is 19.4. The molecule has 1 saturated carbocycles. The molecule has 0 aromatic heterocycles. The van der Waals surface area contributed by atoms with E-state index in [0.29, 0.717) is 23.4 Å². The van der Waals surface area contributed by atoms with E-state index in [1.807, 2.05) is 36.2 Å². The summed E-state index contributed by atoms with van der Waals surface area (Å²) < 4.78 is 5.76. The number of carbonyl (C=O) groups excluding carboxylic acids is 2. The van der Waals surface area contributed by atoms with Crippen molar-refractivity contribution in [1.29, 1.82) is 0 Å². The van der Waals surface area contributed by atoms with E-state index in [1.165, 1.54) is 38.5 Å². The number of anilines is 1. The molecule has 0 atom stereocenters. The van der Waals surface area contributed by atoms with Gasteiger partial charge in [0.15, 0.2) is 0 Å². The molecular formula is C27H36N2O3. The molecule has 3 rings (SSSR count). The smallest absolute Gasteiger partial charge is 0.255 e. The third-order valence-corrected chi connectivity index (χ3v) is 6.23. The van der Waals surface area contributed by atoms with Gasteiger partial charge in [-0.3, -0.25) is 9.59 Å². The highest BCUT2D eigenvalue weighted by atomic mass is 16.5. The number of ether oxygens (including phenoxy) is 1. The number of unbranched alkanes of at least 4 members (excludes halogenated alkanes) is 3. The minimum Gasteiger partial charge on any atom is -0.494 e. The Bertz CT molecular complexity index is 873. The number of benzene rings is 2. The van der Waals surface area contributed by atoms with Crippen LogP contribution in [-0.2, 0) is 0 Å². The van der Waals surface area contributed by atoms with Gasteiger partial charge in [-0.2, -0.15) is 0 Å². The number of para-hydroxylation sites is 1. The van der Waals surface area contributed by atoms with E-state index in [4.69, 9.17) is 4.74 Å². The van der Waals surface area contributed by atoms with Crippen LogP contribution in [0.2, 0.25) is 0 Å². The normalized spacial score (nSPS) is 14.1. The molecule has 1 aliphatic carbocycles. The molecule has 0 unspecified atom stereocenters. The van der Waals surface area contributed by atoms with Crippen molar-refractivity contribution >= 4 is 17.5 Å². The molecule has 1 aliphatic rings. The Labute approximate surface area is 192 Å². The first-order valence-electron chi connectivity index (χ1n) is 12.0. The fourth-order valence-electron chi connectivity index (χ4n) is 4.22. The number of amides is 2. The van der Waals surface area contributed by atoms with Crippen LogP contribution in [-0.4, -0.2) is 36.4 Å². The van der Waals surface area contributed by atoms with Crippen molar-refractivity contribution in [2.45, 2.75) is 70.8 Å². The van der Waals surface area contributed by atoms with Crippen LogP contribution in [0.15, 0.2) is 48.5 Å². The van der Waals surface area contributed by atoms with Crippen LogP contribution in [0.4, 0.5) is 5.69 Å². The third-order valence-electron chi connectivity index (χ3n) is 6.23. The Morgan fingerprint density at radius 1 is 0.969 bits per heavy atom. The van der Waals surface area contributed by atoms with Gasteiger partial charge in [0.05, 0.1) is 17.9 Å². The first-order chi connectivity index (χ1) is 15.6. The van der Waals surface area contributed by atoms with Crippen LogP contribution >= 0.6 is 0 Å². The maximum atomic E-state index is 13.2. The topological polar surface area (TPSA) is 58.6 Å². The summed E-state index contributed by atoms with van der Waals surface area (Å²) in [6, 6.07) is 14.7. The van der Waals surface area contributed by atoms with Gasteiger partial charge >= 0.3 is 0 Å². The first kappa shape index (κ1) is 23.8. The van der Waals surface area contributed by atoms with Gasteiger partial charge in [-0.1, -0.05) is 57.6 Å². The molecule has 0 bridgehead atoms. The Morgan fingerprint density at radius 2 is 1.69 bits per heavy atom. The van der Waals surface area contributed by atoms with Gasteiger partial charge in [-0.05, 0) is 55.7 Å². The molecule has 0 spiro atoms. The van der Waals surface area contributed by atoms with E-state index < -0.39 is 0 Å². The van der Waals surface area contributed by atoms with Gasteiger partial charge in [0, 0.05) is 18.7 Å². The van der Waals surface area contributed by atoms with Gasteiger partial charge in [-0.25, -0.2) is 0 Å². The van der Waals surface area contributed by atoms with Crippen molar-refractivity contribution < 1.29 is 14.3 Å². The van der Waals surface area contributed by atoms with Crippen LogP contribution in [0.5, 0.6) is 5.75 Å². The maximum Gasteiger partial charge on any atom is 0.255 e. The summed E-state index contributed by atoms with van der Waals surface area (Å²) in [5.41, 5.74) is 1.61. The Kier molecular flexibility index (Phi) is 9.14. The van der Waals surface area contributed by atoms with E-state index in [9.17, 15) is 9.59 Å².